The molecule has 1 atom stereocenters. The summed E-state index contributed by atoms with van der Waals surface area (Å²) >= 11 is 0. The number of ether oxygens (including phenoxy) is 2. The van der Waals surface area contributed by atoms with E-state index in [4.69, 9.17) is 9.47 Å². The van der Waals surface area contributed by atoms with Crippen LogP contribution in [0.2, 0.25) is 0 Å². The molecule has 10 nitrogen and oxygen atoms in total. The summed E-state index contributed by atoms with van der Waals surface area (Å²) in [7, 11) is -1.68. The number of benzene rings is 1. The molecule has 0 heterocycles. The van der Waals surface area contributed by atoms with Crippen molar-refractivity contribution in [3.05, 3.63) is 29.8 Å². The van der Waals surface area contributed by atoms with E-state index in [1.807, 2.05) is 6.92 Å². The van der Waals surface area contributed by atoms with Crippen LogP contribution >= 0.6 is 0 Å². The minimum atomic E-state index is -4.32. The summed E-state index contributed by atoms with van der Waals surface area (Å²) in [5, 5.41) is 5.23. The lowest BCUT2D eigenvalue weighted by atomic mass is 10.1. The summed E-state index contributed by atoms with van der Waals surface area (Å²) < 4.78 is 37.2. The molecule has 0 aliphatic carbocycles. The van der Waals surface area contributed by atoms with Crippen LogP contribution in [-0.4, -0.2) is 69.6 Å². The fraction of sp³-hybridized carbons (Fsp3) is 0.591. The lowest BCUT2D eigenvalue weighted by Gasteiger charge is -2.29. The topological polar surface area (TPSA) is 131 Å². The Morgan fingerprint density at radius 2 is 1.70 bits per heavy atom. The molecule has 0 bridgehead atoms. The average molecular weight is 486 g/mol. The lowest BCUT2D eigenvalue weighted by molar-refractivity contribution is -0.149. The third-order valence-corrected chi connectivity index (χ3v) is 6.32. The number of alkyl carbamates (subject to hydrolysis) is 1. The van der Waals surface area contributed by atoms with Gasteiger partial charge in [0.25, 0.3) is 15.9 Å². The van der Waals surface area contributed by atoms with Crippen LogP contribution in [0.1, 0.15) is 45.6 Å². The number of unbranched alkanes of at least 4 members (excludes halogenated alkanes) is 1. The molecule has 11 heteroatoms. The third-order valence-electron chi connectivity index (χ3n) is 4.48. The van der Waals surface area contributed by atoms with Crippen LogP contribution in [0.15, 0.2) is 29.2 Å². The number of carbonyl (C=O) groups excluding carboxylic acids is 3. The molecule has 0 saturated carbocycles. The predicted molar refractivity (Wildman–Crippen MR) is 123 cm³/mol. The maximum absolute atomic E-state index is 13.3. The van der Waals surface area contributed by atoms with E-state index in [0.717, 1.165) is 12.7 Å². The number of rotatable bonds is 11. The van der Waals surface area contributed by atoms with Crippen LogP contribution in [0.3, 0.4) is 0 Å². The number of hydrogen-bond acceptors (Lipinski definition) is 8. The van der Waals surface area contributed by atoms with Gasteiger partial charge in [0, 0.05) is 6.54 Å². The van der Waals surface area contributed by atoms with Crippen molar-refractivity contribution in [2.45, 2.75) is 63.5 Å². The quantitative estimate of drug-likeness (QED) is 0.359. The van der Waals surface area contributed by atoms with Crippen LogP contribution < -0.4 is 10.6 Å². The number of likely N-dealkylation sites (N-methyl/N-ethyl adjacent to an activating group) is 1. The van der Waals surface area contributed by atoms with Gasteiger partial charge in [0.05, 0.1) is 18.6 Å². The Bertz CT molecular complexity index is 909. The van der Waals surface area contributed by atoms with Gasteiger partial charge in [-0.1, -0.05) is 17.7 Å². The Labute approximate surface area is 196 Å². The van der Waals surface area contributed by atoms with E-state index in [0.29, 0.717) is 17.1 Å². The van der Waals surface area contributed by atoms with E-state index in [2.05, 4.69) is 10.6 Å². The van der Waals surface area contributed by atoms with Crippen molar-refractivity contribution in [1.29, 1.82) is 0 Å². The number of nitrogens with one attached hydrogen (secondary N) is 2. The Kier molecular flexibility index (Phi) is 10.8. The van der Waals surface area contributed by atoms with Crippen LogP contribution in [0.4, 0.5) is 4.79 Å². The van der Waals surface area contributed by atoms with E-state index in [1.54, 1.807) is 32.9 Å². The summed E-state index contributed by atoms with van der Waals surface area (Å²) in [6.45, 7) is 7.04. The van der Waals surface area contributed by atoms with Crippen molar-refractivity contribution in [3.63, 3.8) is 0 Å². The summed E-state index contributed by atoms with van der Waals surface area (Å²) in [6.07, 6.45) is 0.247. The molecular formula is C22H35N3O7S. The Morgan fingerprint density at radius 1 is 1.09 bits per heavy atom. The van der Waals surface area contributed by atoms with E-state index in [9.17, 15) is 22.8 Å². The smallest absolute Gasteiger partial charge is 0.407 e. The van der Waals surface area contributed by atoms with Gasteiger partial charge in [-0.3, -0.25) is 4.79 Å². The summed E-state index contributed by atoms with van der Waals surface area (Å²) in [5.41, 5.74) is 0.225. The van der Waals surface area contributed by atoms with E-state index in [1.165, 1.54) is 19.2 Å². The van der Waals surface area contributed by atoms with Gasteiger partial charge in [-0.05, 0) is 66.1 Å². The Morgan fingerprint density at radius 3 is 2.21 bits per heavy atom. The molecule has 0 saturated heterocycles. The van der Waals surface area contributed by atoms with Crippen molar-refractivity contribution in [1.82, 2.24) is 14.9 Å². The van der Waals surface area contributed by atoms with E-state index < -0.39 is 39.6 Å². The second-order valence-corrected chi connectivity index (χ2v) is 10.3. The minimum absolute atomic E-state index is 0.0310. The first-order chi connectivity index (χ1) is 15.3. The Balaban J connectivity index is 3.02. The molecule has 0 aliphatic rings. The first-order valence-corrected chi connectivity index (χ1v) is 12.1. The van der Waals surface area contributed by atoms with Crippen LogP contribution in [0, 0.1) is 6.92 Å². The molecule has 33 heavy (non-hydrogen) atoms. The second-order valence-electron chi connectivity index (χ2n) is 8.50. The fourth-order valence-electron chi connectivity index (χ4n) is 2.96. The molecule has 0 spiro atoms. The van der Waals surface area contributed by atoms with Crippen molar-refractivity contribution in [2.24, 2.45) is 0 Å². The van der Waals surface area contributed by atoms with Crippen LogP contribution in [0.5, 0.6) is 0 Å². The largest absolute Gasteiger partial charge is 0.467 e. The van der Waals surface area contributed by atoms with E-state index in [-0.39, 0.29) is 24.4 Å². The van der Waals surface area contributed by atoms with E-state index >= 15 is 0 Å². The molecule has 1 aromatic rings. The normalized spacial score (nSPS) is 12.5. The number of aryl methyl sites for hydroxylation is 1. The molecule has 0 fully saturated rings. The molecule has 2 N–H and O–H groups in total. The van der Waals surface area contributed by atoms with Crippen molar-refractivity contribution in [3.8, 4) is 0 Å². The Hall–Kier alpha value is -2.66. The molecule has 1 rings (SSSR count). The van der Waals surface area contributed by atoms with Gasteiger partial charge < -0.3 is 20.1 Å². The van der Waals surface area contributed by atoms with Gasteiger partial charge in [-0.2, -0.15) is 0 Å². The van der Waals surface area contributed by atoms with Crippen molar-refractivity contribution < 1.29 is 32.3 Å². The van der Waals surface area contributed by atoms with Gasteiger partial charge in [-0.15, -0.1) is 0 Å². The number of hydrogen-bond donors (Lipinski definition) is 2. The fourth-order valence-corrected chi connectivity index (χ4v) is 4.53. The molecule has 0 radical (unpaired) electrons. The number of sulfonamides is 1. The monoisotopic (exact) mass is 485 g/mol. The lowest BCUT2D eigenvalue weighted by Crippen LogP contribution is -2.51. The zero-order valence-corrected chi connectivity index (χ0v) is 21.0. The molecule has 2 amide bonds. The van der Waals surface area contributed by atoms with Gasteiger partial charge in [0.2, 0.25) is 0 Å². The first kappa shape index (κ1) is 28.4. The SMILES string of the molecule is CNCC(=O)N([C@@H](CCCCNC(=O)OC(C)(C)C)C(=O)OC)S(=O)(=O)c1ccc(C)cc1. The maximum Gasteiger partial charge on any atom is 0.407 e. The molecular weight excluding hydrogens is 450 g/mol. The highest BCUT2D eigenvalue weighted by Crippen LogP contribution is 2.23. The zero-order valence-electron chi connectivity index (χ0n) is 20.1. The van der Waals surface area contributed by atoms with Gasteiger partial charge in [0.15, 0.2) is 0 Å². The standard InChI is InChI=1S/C22H35N3O7S/c1-16-10-12-17(13-11-16)33(29,30)25(19(26)15-23-5)18(20(27)31-6)9-7-8-14-24-21(28)32-22(2,3)4/h10-13,18,23H,7-9,14-15H2,1-6H3,(H,24,28)/t18-/m0/s1. The van der Waals surface area contributed by atoms with Crippen molar-refractivity contribution in [2.75, 3.05) is 27.2 Å². The predicted octanol–water partition coefficient (Wildman–Crippen LogP) is 1.97. The van der Waals surface area contributed by atoms with Gasteiger partial charge in [-0.25, -0.2) is 22.3 Å². The number of carbonyl (C=O) groups is 3. The zero-order chi connectivity index (χ0) is 25.2. The third kappa shape index (κ3) is 9.01. The minimum Gasteiger partial charge on any atom is -0.467 e. The highest BCUT2D eigenvalue weighted by atomic mass is 32.2. The van der Waals surface area contributed by atoms with Crippen LogP contribution in [-0.2, 0) is 29.1 Å². The molecule has 1 aromatic carbocycles. The molecule has 0 unspecified atom stereocenters. The number of esters is 1. The maximum atomic E-state index is 13.3. The summed E-state index contributed by atoms with van der Waals surface area (Å²) in [6, 6.07) is 4.67. The van der Waals surface area contributed by atoms with Gasteiger partial charge in [0.1, 0.15) is 11.6 Å². The molecule has 0 aliphatic heterocycles. The van der Waals surface area contributed by atoms with Crippen LogP contribution in [0.25, 0.3) is 0 Å². The second kappa shape index (κ2) is 12.5. The molecule has 186 valence electrons. The summed E-state index contributed by atoms with van der Waals surface area (Å²) in [5.74, 6) is -1.62. The number of amides is 2. The van der Waals surface area contributed by atoms with Gasteiger partial charge >= 0.3 is 12.1 Å². The highest BCUT2D eigenvalue weighted by molar-refractivity contribution is 7.89. The molecule has 0 aromatic heterocycles. The first-order valence-electron chi connectivity index (χ1n) is 10.7. The highest BCUT2D eigenvalue weighted by Gasteiger charge is 2.39. The van der Waals surface area contributed by atoms with Crippen molar-refractivity contribution >= 4 is 28.0 Å². The number of methoxy groups -OCH3 is 1. The number of nitrogens with zero attached hydrogens (tertiary/aromatic N) is 1. The average Bonchev–Trinajstić information content (AvgIpc) is 2.71. The summed E-state index contributed by atoms with van der Waals surface area (Å²) in [4.78, 5) is 37.0.